The highest BCUT2D eigenvalue weighted by atomic mass is 16.5. The van der Waals surface area contributed by atoms with Crippen molar-refractivity contribution in [2.24, 2.45) is 0 Å². The third kappa shape index (κ3) is 3.00. The maximum Gasteiger partial charge on any atom is 0.232 e. The normalized spacial score (nSPS) is 15.2. The van der Waals surface area contributed by atoms with Crippen molar-refractivity contribution in [1.29, 1.82) is 0 Å². The number of amides is 1. The van der Waals surface area contributed by atoms with E-state index in [-0.39, 0.29) is 18.1 Å². The fourth-order valence-corrected chi connectivity index (χ4v) is 3.75. The monoisotopic (exact) mass is 399 g/mol. The molecule has 2 heterocycles. The standard InChI is InChI=1S/C23H17N3O4/c1-29-19-9-8-13(23-26-21-20(30-23)7-4-10-24-21)11-17(19)25-22(28)16-12-18(27)15-6-3-2-5-14(15)16/h2-11,16H,12H2,1H3,(H,25,28)/t16-/m0/s1. The van der Waals surface area contributed by atoms with Crippen molar-refractivity contribution in [2.45, 2.75) is 12.3 Å². The number of Topliss-reactive ketones (excluding diaryl/α,β-unsaturated/α-hetero) is 1. The number of oxazole rings is 1. The number of anilines is 1. The lowest BCUT2D eigenvalue weighted by atomic mass is 10.0. The Hall–Kier alpha value is -4.00. The van der Waals surface area contributed by atoms with Gasteiger partial charge in [-0.15, -0.1) is 0 Å². The van der Waals surface area contributed by atoms with E-state index in [0.717, 1.165) is 5.56 Å². The van der Waals surface area contributed by atoms with Crippen LogP contribution in [0.1, 0.15) is 28.3 Å². The van der Waals surface area contributed by atoms with Gasteiger partial charge in [0.1, 0.15) is 5.75 Å². The summed E-state index contributed by atoms with van der Waals surface area (Å²) in [6, 6.07) is 16.1. The highest BCUT2D eigenvalue weighted by molar-refractivity contribution is 6.09. The Morgan fingerprint density at radius 3 is 2.87 bits per heavy atom. The maximum atomic E-state index is 13.0. The third-order valence-electron chi connectivity index (χ3n) is 5.21. The second kappa shape index (κ2) is 7.11. The van der Waals surface area contributed by atoms with Crippen molar-refractivity contribution in [1.82, 2.24) is 9.97 Å². The number of fused-ring (bicyclic) bond motifs is 2. The van der Waals surface area contributed by atoms with Crippen molar-refractivity contribution in [3.8, 4) is 17.2 Å². The number of ketones is 1. The lowest BCUT2D eigenvalue weighted by molar-refractivity contribution is -0.117. The number of carbonyl (C=O) groups is 2. The molecule has 4 aromatic rings. The van der Waals surface area contributed by atoms with Crippen LogP contribution in [0.3, 0.4) is 0 Å². The van der Waals surface area contributed by atoms with E-state index in [1.807, 2.05) is 12.1 Å². The van der Waals surface area contributed by atoms with Crippen molar-refractivity contribution in [3.05, 3.63) is 71.9 Å². The van der Waals surface area contributed by atoms with E-state index >= 15 is 0 Å². The summed E-state index contributed by atoms with van der Waals surface area (Å²) in [5.41, 5.74) is 3.60. The summed E-state index contributed by atoms with van der Waals surface area (Å²) in [7, 11) is 1.53. The molecule has 0 radical (unpaired) electrons. The Balaban J connectivity index is 1.47. The number of methoxy groups -OCH3 is 1. The summed E-state index contributed by atoms with van der Waals surface area (Å²) in [6.07, 6.45) is 1.80. The zero-order valence-electron chi connectivity index (χ0n) is 16.1. The number of pyridine rings is 1. The molecule has 1 aliphatic carbocycles. The minimum atomic E-state index is -0.532. The van der Waals surface area contributed by atoms with Crippen LogP contribution in [-0.2, 0) is 4.79 Å². The highest BCUT2D eigenvalue weighted by Crippen LogP contribution is 2.36. The molecule has 148 valence electrons. The van der Waals surface area contributed by atoms with Gasteiger partial charge in [0.05, 0.1) is 18.7 Å². The van der Waals surface area contributed by atoms with Gasteiger partial charge >= 0.3 is 0 Å². The van der Waals surface area contributed by atoms with Gasteiger partial charge < -0.3 is 14.5 Å². The first-order chi connectivity index (χ1) is 14.6. The molecule has 0 aliphatic heterocycles. The van der Waals surface area contributed by atoms with Crippen LogP contribution in [0, 0.1) is 0 Å². The van der Waals surface area contributed by atoms with Crippen LogP contribution >= 0.6 is 0 Å². The second-order valence-corrected chi connectivity index (χ2v) is 7.02. The average Bonchev–Trinajstić information content (AvgIpc) is 3.35. The largest absolute Gasteiger partial charge is 0.495 e. The van der Waals surface area contributed by atoms with Gasteiger partial charge in [-0.3, -0.25) is 9.59 Å². The number of aromatic nitrogens is 2. The lowest BCUT2D eigenvalue weighted by Gasteiger charge is -2.15. The van der Waals surface area contributed by atoms with Gasteiger partial charge in [0.25, 0.3) is 0 Å². The molecule has 1 aliphatic rings. The maximum absolute atomic E-state index is 13.0. The van der Waals surface area contributed by atoms with Crippen LogP contribution in [0.4, 0.5) is 5.69 Å². The Labute approximate surface area is 171 Å². The number of rotatable bonds is 4. The Morgan fingerprint density at radius 1 is 1.17 bits per heavy atom. The molecule has 0 unspecified atom stereocenters. The average molecular weight is 399 g/mol. The van der Waals surface area contributed by atoms with Crippen LogP contribution in [0.15, 0.2) is 65.2 Å². The molecular formula is C23H17N3O4. The molecule has 0 fully saturated rings. The molecule has 7 nitrogen and oxygen atoms in total. The summed E-state index contributed by atoms with van der Waals surface area (Å²) in [5, 5.41) is 2.91. The molecule has 2 aromatic heterocycles. The summed E-state index contributed by atoms with van der Waals surface area (Å²) in [4.78, 5) is 33.8. The van der Waals surface area contributed by atoms with Crippen molar-refractivity contribution in [3.63, 3.8) is 0 Å². The summed E-state index contributed by atoms with van der Waals surface area (Å²) >= 11 is 0. The zero-order valence-corrected chi connectivity index (χ0v) is 16.1. The van der Waals surface area contributed by atoms with E-state index in [9.17, 15) is 9.59 Å². The SMILES string of the molecule is COc1ccc(-c2nc3ncccc3o2)cc1NC(=O)[C@H]1CC(=O)c2ccccc21. The predicted octanol–water partition coefficient (Wildman–Crippen LogP) is 4.21. The molecule has 1 N–H and O–H groups in total. The van der Waals surface area contributed by atoms with Gasteiger partial charge in [-0.1, -0.05) is 24.3 Å². The molecule has 1 atom stereocenters. The minimum Gasteiger partial charge on any atom is -0.495 e. The molecule has 2 aromatic carbocycles. The predicted molar refractivity (Wildman–Crippen MR) is 111 cm³/mol. The first-order valence-corrected chi connectivity index (χ1v) is 9.47. The van der Waals surface area contributed by atoms with E-state index in [2.05, 4.69) is 15.3 Å². The van der Waals surface area contributed by atoms with E-state index in [1.165, 1.54) is 7.11 Å². The third-order valence-corrected chi connectivity index (χ3v) is 5.21. The zero-order chi connectivity index (χ0) is 20.7. The van der Waals surface area contributed by atoms with Crippen LogP contribution in [-0.4, -0.2) is 28.8 Å². The van der Waals surface area contributed by atoms with Crippen LogP contribution in [0.25, 0.3) is 22.7 Å². The lowest BCUT2D eigenvalue weighted by Crippen LogP contribution is -2.20. The Kier molecular flexibility index (Phi) is 4.28. The van der Waals surface area contributed by atoms with Crippen LogP contribution in [0.2, 0.25) is 0 Å². The molecule has 0 bridgehead atoms. The summed E-state index contributed by atoms with van der Waals surface area (Å²) in [5.74, 6) is 0.0752. The molecule has 5 rings (SSSR count). The minimum absolute atomic E-state index is 0.0227. The Morgan fingerprint density at radius 2 is 2.03 bits per heavy atom. The number of nitrogens with zero attached hydrogens (tertiary/aromatic N) is 2. The molecule has 0 spiro atoms. The molecule has 7 heteroatoms. The Bertz CT molecular complexity index is 1260. The van der Waals surface area contributed by atoms with Gasteiger partial charge in [-0.25, -0.2) is 4.98 Å². The number of hydrogen-bond donors (Lipinski definition) is 1. The first kappa shape index (κ1) is 18.1. The van der Waals surface area contributed by atoms with Crippen molar-refractivity contribution < 1.29 is 18.7 Å². The van der Waals surface area contributed by atoms with E-state index in [1.54, 1.807) is 48.7 Å². The van der Waals surface area contributed by atoms with E-state index < -0.39 is 5.92 Å². The molecule has 1 amide bonds. The van der Waals surface area contributed by atoms with Crippen molar-refractivity contribution >= 4 is 28.6 Å². The van der Waals surface area contributed by atoms with E-state index in [4.69, 9.17) is 9.15 Å². The van der Waals surface area contributed by atoms with Crippen LogP contribution in [0.5, 0.6) is 5.75 Å². The first-order valence-electron chi connectivity index (χ1n) is 9.47. The molecule has 0 saturated carbocycles. The number of benzene rings is 2. The number of nitrogens with one attached hydrogen (secondary N) is 1. The van der Waals surface area contributed by atoms with Crippen molar-refractivity contribution in [2.75, 3.05) is 12.4 Å². The summed E-state index contributed by atoms with van der Waals surface area (Å²) < 4.78 is 11.2. The molecule has 30 heavy (non-hydrogen) atoms. The number of ether oxygens (including phenoxy) is 1. The van der Waals surface area contributed by atoms with Gasteiger partial charge in [-0.05, 0) is 35.9 Å². The second-order valence-electron chi connectivity index (χ2n) is 7.02. The van der Waals surface area contributed by atoms with Gasteiger partial charge in [-0.2, -0.15) is 4.98 Å². The quantitative estimate of drug-likeness (QED) is 0.552. The molecular weight excluding hydrogens is 382 g/mol. The van der Waals surface area contributed by atoms with Gasteiger partial charge in [0.15, 0.2) is 17.0 Å². The van der Waals surface area contributed by atoms with Crippen LogP contribution < -0.4 is 10.1 Å². The molecule has 0 saturated heterocycles. The van der Waals surface area contributed by atoms with E-state index in [0.29, 0.717) is 39.7 Å². The van der Waals surface area contributed by atoms with Gasteiger partial charge in [0.2, 0.25) is 11.8 Å². The fraction of sp³-hybridized carbons (Fsp3) is 0.130. The number of carbonyl (C=O) groups excluding carboxylic acids is 2. The summed E-state index contributed by atoms with van der Waals surface area (Å²) in [6.45, 7) is 0. The topological polar surface area (TPSA) is 94.3 Å². The smallest absolute Gasteiger partial charge is 0.232 e. The highest BCUT2D eigenvalue weighted by Gasteiger charge is 2.34. The fourth-order valence-electron chi connectivity index (χ4n) is 3.75. The number of hydrogen-bond acceptors (Lipinski definition) is 6. The van der Waals surface area contributed by atoms with Gasteiger partial charge in [0, 0.05) is 23.7 Å².